The first-order chi connectivity index (χ1) is 12.2. The summed E-state index contributed by atoms with van der Waals surface area (Å²) in [5.41, 5.74) is 6.20. The van der Waals surface area contributed by atoms with Crippen LogP contribution in [0.25, 0.3) is 21.9 Å². The molecule has 2 aromatic heterocycles. The molecule has 2 amide bonds. The predicted octanol–water partition coefficient (Wildman–Crippen LogP) is 3.06. The fraction of sp³-hybridized carbons (Fsp3) is 0. The van der Waals surface area contributed by atoms with E-state index in [-0.39, 0.29) is 11.5 Å². The molecule has 2 heterocycles. The molecule has 0 aliphatic heterocycles. The van der Waals surface area contributed by atoms with E-state index in [0.29, 0.717) is 11.1 Å². The molecule has 4 rings (SSSR count). The summed E-state index contributed by atoms with van der Waals surface area (Å²) in [6.07, 6.45) is 0. The summed E-state index contributed by atoms with van der Waals surface area (Å²) in [5, 5.41) is 1.75. The van der Waals surface area contributed by atoms with Gasteiger partial charge in [-0.2, -0.15) is 0 Å². The normalized spacial score (nSPS) is 10.7. The van der Waals surface area contributed by atoms with Crippen LogP contribution in [-0.2, 0) is 0 Å². The Morgan fingerprint density at radius 1 is 0.800 bits per heavy atom. The third kappa shape index (κ3) is 2.92. The van der Waals surface area contributed by atoms with Crippen molar-refractivity contribution in [3.8, 4) is 0 Å². The topological polar surface area (TPSA) is 84.2 Å². The fourth-order valence-corrected chi connectivity index (χ4v) is 2.53. The highest BCUT2D eigenvalue weighted by Gasteiger charge is 2.14. The summed E-state index contributed by atoms with van der Waals surface area (Å²) in [7, 11) is 0. The number of carbonyl (C=O) groups excluding carboxylic acids is 2. The van der Waals surface area contributed by atoms with E-state index >= 15 is 0 Å². The van der Waals surface area contributed by atoms with Gasteiger partial charge in [0.25, 0.3) is 5.91 Å². The quantitative estimate of drug-likeness (QED) is 0.553. The fourth-order valence-electron chi connectivity index (χ4n) is 2.53. The maximum atomic E-state index is 12.2. The third-order valence-electron chi connectivity index (χ3n) is 3.77. The Labute approximate surface area is 142 Å². The standard InChI is InChI=1S/C19H13N3O3/c23-18(15-10-9-12-5-1-3-7-14(12)20-15)21-22-19(24)17-11-13-6-2-4-8-16(13)25-17/h1-11H,(H,21,23)(H,22,24). The number of hydrogen-bond donors (Lipinski definition) is 2. The number of nitrogens with zero attached hydrogens (tertiary/aromatic N) is 1. The van der Waals surface area contributed by atoms with E-state index in [2.05, 4.69) is 15.8 Å². The second kappa shape index (κ2) is 6.09. The second-order valence-corrected chi connectivity index (χ2v) is 5.45. The highest BCUT2D eigenvalue weighted by atomic mass is 16.3. The maximum absolute atomic E-state index is 12.2. The number of benzene rings is 2. The Hall–Kier alpha value is -3.67. The number of rotatable bonds is 2. The number of amides is 2. The zero-order valence-corrected chi connectivity index (χ0v) is 13.0. The van der Waals surface area contributed by atoms with E-state index in [1.807, 2.05) is 42.5 Å². The van der Waals surface area contributed by atoms with E-state index < -0.39 is 11.8 Å². The number of aromatic nitrogens is 1. The third-order valence-corrected chi connectivity index (χ3v) is 3.77. The molecule has 0 saturated carbocycles. The van der Waals surface area contributed by atoms with Crippen molar-refractivity contribution in [3.05, 3.63) is 78.2 Å². The van der Waals surface area contributed by atoms with Gasteiger partial charge in [0, 0.05) is 10.8 Å². The SMILES string of the molecule is O=C(NNC(=O)c1cc2ccccc2o1)c1ccc2ccccc2n1. The van der Waals surface area contributed by atoms with Crippen molar-refractivity contribution in [2.75, 3.05) is 0 Å². The van der Waals surface area contributed by atoms with Gasteiger partial charge in [-0.15, -0.1) is 0 Å². The largest absolute Gasteiger partial charge is 0.451 e. The zero-order chi connectivity index (χ0) is 17.2. The van der Waals surface area contributed by atoms with Gasteiger partial charge in [0.2, 0.25) is 0 Å². The van der Waals surface area contributed by atoms with Crippen LogP contribution in [-0.4, -0.2) is 16.8 Å². The number of nitrogens with one attached hydrogen (secondary N) is 2. The Morgan fingerprint density at radius 2 is 1.52 bits per heavy atom. The zero-order valence-electron chi connectivity index (χ0n) is 13.0. The molecule has 6 nitrogen and oxygen atoms in total. The van der Waals surface area contributed by atoms with Gasteiger partial charge < -0.3 is 4.42 Å². The molecule has 0 aliphatic rings. The number of para-hydroxylation sites is 2. The first-order valence-electron chi connectivity index (χ1n) is 7.66. The number of furan rings is 1. The molecule has 0 bridgehead atoms. The van der Waals surface area contributed by atoms with Gasteiger partial charge in [0.1, 0.15) is 11.3 Å². The lowest BCUT2D eigenvalue weighted by atomic mass is 10.2. The summed E-state index contributed by atoms with van der Waals surface area (Å²) in [4.78, 5) is 28.6. The van der Waals surface area contributed by atoms with Gasteiger partial charge in [-0.05, 0) is 24.3 Å². The first-order valence-corrected chi connectivity index (χ1v) is 7.66. The minimum atomic E-state index is -0.537. The molecule has 122 valence electrons. The van der Waals surface area contributed by atoms with Crippen LogP contribution in [0.5, 0.6) is 0 Å². The van der Waals surface area contributed by atoms with E-state index in [4.69, 9.17) is 4.42 Å². The molecule has 6 heteroatoms. The van der Waals surface area contributed by atoms with Crippen LogP contribution in [0.1, 0.15) is 21.0 Å². The Kier molecular flexibility index (Phi) is 3.63. The number of fused-ring (bicyclic) bond motifs is 2. The maximum Gasteiger partial charge on any atom is 0.305 e. The van der Waals surface area contributed by atoms with E-state index in [1.54, 1.807) is 24.3 Å². The molecule has 0 aliphatic carbocycles. The Morgan fingerprint density at radius 3 is 2.36 bits per heavy atom. The highest BCUT2D eigenvalue weighted by molar-refractivity contribution is 5.99. The second-order valence-electron chi connectivity index (χ2n) is 5.45. The van der Waals surface area contributed by atoms with Crippen LogP contribution in [0.15, 0.2) is 71.1 Å². The van der Waals surface area contributed by atoms with Crippen LogP contribution < -0.4 is 10.9 Å². The molecule has 0 spiro atoms. The van der Waals surface area contributed by atoms with Gasteiger partial charge in [0.15, 0.2) is 5.76 Å². The lowest BCUT2D eigenvalue weighted by molar-refractivity contribution is 0.0830. The van der Waals surface area contributed by atoms with Crippen LogP contribution in [0, 0.1) is 0 Å². The summed E-state index contributed by atoms with van der Waals surface area (Å²) in [6.45, 7) is 0. The summed E-state index contributed by atoms with van der Waals surface area (Å²) >= 11 is 0. The average molecular weight is 331 g/mol. The van der Waals surface area contributed by atoms with E-state index in [9.17, 15) is 9.59 Å². The summed E-state index contributed by atoms with van der Waals surface area (Å²) < 4.78 is 5.45. The molecule has 0 saturated heterocycles. The molecule has 0 fully saturated rings. The molecule has 0 radical (unpaired) electrons. The monoisotopic (exact) mass is 331 g/mol. The highest BCUT2D eigenvalue weighted by Crippen LogP contribution is 2.18. The van der Waals surface area contributed by atoms with Crippen LogP contribution in [0.3, 0.4) is 0 Å². The smallest absolute Gasteiger partial charge is 0.305 e. The van der Waals surface area contributed by atoms with Crippen molar-refractivity contribution < 1.29 is 14.0 Å². The molecule has 25 heavy (non-hydrogen) atoms. The molecule has 0 unspecified atom stereocenters. The molecule has 0 atom stereocenters. The van der Waals surface area contributed by atoms with Gasteiger partial charge in [-0.1, -0.05) is 42.5 Å². The molecular formula is C19H13N3O3. The van der Waals surface area contributed by atoms with Crippen LogP contribution >= 0.6 is 0 Å². The Bertz CT molecular complexity index is 1070. The van der Waals surface area contributed by atoms with Crippen LogP contribution in [0.2, 0.25) is 0 Å². The van der Waals surface area contributed by atoms with Crippen molar-refractivity contribution in [3.63, 3.8) is 0 Å². The minimum absolute atomic E-state index is 0.118. The first kappa shape index (κ1) is 14.9. The molecule has 2 N–H and O–H groups in total. The van der Waals surface area contributed by atoms with Crippen LogP contribution in [0.4, 0.5) is 0 Å². The van der Waals surface area contributed by atoms with Crippen molar-refractivity contribution in [1.82, 2.24) is 15.8 Å². The van der Waals surface area contributed by atoms with Gasteiger partial charge in [0.05, 0.1) is 5.52 Å². The number of pyridine rings is 1. The summed E-state index contributed by atoms with van der Waals surface area (Å²) in [6, 6.07) is 19.8. The average Bonchev–Trinajstić information content (AvgIpc) is 3.09. The van der Waals surface area contributed by atoms with Crippen molar-refractivity contribution in [1.29, 1.82) is 0 Å². The van der Waals surface area contributed by atoms with Crippen molar-refractivity contribution in [2.24, 2.45) is 0 Å². The minimum Gasteiger partial charge on any atom is -0.451 e. The predicted molar refractivity (Wildman–Crippen MR) is 92.9 cm³/mol. The van der Waals surface area contributed by atoms with Crippen molar-refractivity contribution >= 4 is 33.7 Å². The van der Waals surface area contributed by atoms with E-state index in [0.717, 1.165) is 10.8 Å². The summed E-state index contributed by atoms with van der Waals surface area (Å²) in [5.74, 6) is -0.923. The van der Waals surface area contributed by atoms with Gasteiger partial charge in [-0.25, -0.2) is 4.98 Å². The van der Waals surface area contributed by atoms with Gasteiger partial charge in [-0.3, -0.25) is 20.4 Å². The van der Waals surface area contributed by atoms with Crippen molar-refractivity contribution in [2.45, 2.75) is 0 Å². The van der Waals surface area contributed by atoms with E-state index in [1.165, 1.54) is 0 Å². The number of carbonyl (C=O) groups is 2. The number of hydrogen-bond acceptors (Lipinski definition) is 4. The number of hydrazine groups is 1. The molecule has 4 aromatic rings. The molecule has 2 aromatic carbocycles. The lowest BCUT2D eigenvalue weighted by Gasteiger charge is -2.06. The van der Waals surface area contributed by atoms with Gasteiger partial charge >= 0.3 is 5.91 Å². The Balaban J connectivity index is 1.47. The molecular weight excluding hydrogens is 318 g/mol. The lowest BCUT2D eigenvalue weighted by Crippen LogP contribution is -2.41.